The van der Waals surface area contributed by atoms with Gasteiger partial charge in [-0.1, -0.05) is 18.2 Å². The monoisotopic (exact) mass is 255 g/mol. The summed E-state index contributed by atoms with van der Waals surface area (Å²) in [5.74, 6) is 2.49. The highest BCUT2D eigenvalue weighted by molar-refractivity contribution is 5.96. The van der Waals surface area contributed by atoms with E-state index in [-0.39, 0.29) is 0 Å². The molecule has 0 N–H and O–H groups in total. The molecule has 0 bridgehead atoms. The van der Waals surface area contributed by atoms with Crippen molar-refractivity contribution < 1.29 is 4.79 Å². The van der Waals surface area contributed by atoms with Gasteiger partial charge in [-0.25, -0.2) is 0 Å². The van der Waals surface area contributed by atoms with Gasteiger partial charge in [0, 0.05) is 18.2 Å². The molecule has 0 radical (unpaired) electrons. The van der Waals surface area contributed by atoms with Gasteiger partial charge in [0.15, 0.2) is 0 Å². The molecule has 0 spiro atoms. The maximum absolute atomic E-state index is 12.8. The molecular formula is C17H21NO. The summed E-state index contributed by atoms with van der Waals surface area (Å²) in [6.45, 7) is 0.918. The lowest BCUT2D eigenvalue weighted by molar-refractivity contribution is -0.122. The number of hydrogen-bond acceptors (Lipinski definition) is 1. The Bertz CT molecular complexity index is 500. The van der Waals surface area contributed by atoms with Crippen molar-refractivity contribution in [3.05, 3.63) is 29.8 Å². The summed E-state index contributed by atoms with van der Waals surface area (Å²) in [6, 6.07) is 8.48. The van der Waals surface area contributed by atoms with Crippen LogP contribution in [0, 0.1) is 17.8 Å². The first kappa shape index (κ1) is 11.5. The quantitative estimate of drug-likeness (QED) is 0.753. The number of carbonyl (C=O) groups excluding carboxylic acids is 1. The zero-order valence-electron chi connectivity index (χ0n) is 11.3. The van der Waals surface area contributed by atoms with E-state index in [1.807, 2.05) is 0 Å². The van der Waals surface area contributed by atoms with Gasteiger partial charge >= 0.3 is 0 Å². The lowest BCUT2D eigenvalue weighted by Crippen LogP contribution is -2.36. The minimum absolute atomic E-state index is 0.315. The van der Waals surface area contributed by atoms with Crippen molar-refractivity contribution in [2.45, 2.75) is 38.5 Å². The van der Waals surface area contributed by atoms with E-state index in [1.165, 1.54) is 24.1 Å². The first-order valence-corrected chi connectivity index (χ1v) is 7.72. The summed E-state index contributed by atoms with van der Waals surface area (Å²) >= 11 is 0. The molecule has 0 saturated heterocycles. The zero-order chi connectivity index (χ0) is 12.8. The standard InChI is InChI=1S/C17H21NO/c19-17(15-10-13-9-14(13)11-15)18-8-4-3-6-12-5-1-2-7-16(12)18/h1-2,5,7,13-15H,3-4,6,8-11H2. The molecule has 2 nitrogen and oxygen atoms in total. The Hall–Kier alpha value is -1.31. The second-order valence-corrected chi connectivity index (χ2v) is 6.50. The maximum Gasteiger partial charge on any atom is 0.230 e. The van der Waals surface area contributed by atoms with Gasteiger partial charge in [-0.2, -0.15) is 0 Å². The van der Waals surface area contributed by atoms with Crippen LogP contribution in [0.5, 0.6) is 0 Å². The fourth-order valence-corrected chi connectivity index (χ4v) is 4.06. The lowest BCUT2D eigenvalue weighted by atomic mass is 10.0. The van der Waals surface area contributed by atoms with Crippen LogP contribution in [0.1, 0.15) is 37.7 Å². The minimum Gasteiger partial charge on any atom is -0.312 e. The van der Waals surface area contributed by atoms with Crippen LogP contribution < -0.4 is 4.90 Å². The smallest absolute Gasteiger partial charge is 0.230 e. The number of nitrogens with zero attached hydrogens (tertiary/aromatic N) is 1. The largest absolute Gasteiger partial charge is 0.312 e. The molecule has 2 heteroatoms. The Kier molecular flexibility index (Phi) is 2.64. The Morgan fingerprint density at radius 3 is 2.68 bits per heavy atom. The molecule has 3 aliphatic rings. The third-order valence-electron chi connectivity index (χ3n) is 5.22. The van der Waals surface area contributed by atoms with Crippen LogP contribution in [0.4, 0.5) is 5.69 Å². The maximum atomic E-state index is 12.8. The number of rotatable bonds is 1. The van der Waals surface area contributed by atoms with Crippen LogP contribution >= 0.6 is 0 Å². The first-order valence-electron chi connectivity index (χ1n) is 7.72. The molecule has 2 aliphatic carbocycles. The van der Waals surface area contributed by atoms with Gasteiger partial charge in [0.05, 0.1) is 0 Å². The summed E-state index contributed by atoms with van der Waals surface area (Å²) in [6.07, 6.45) is 7.16. The minimum atomic E-state index is 0.315. The van der Waals surface area contributed by atoms with E-state index in [1.54, 1.807) is 0 Å². The van der Waals surface area contributed by atoms with Gasteiger partial charge in [0.25, 0.3) is 0 Å². The number of anilines is 1. The Morgan fingerprint density at radius 2 is 1.84 bits per heavy atom. The average molecular weight is 255 g/mol. The predicted octanol–water partition coefficient (Wildman–Crippen LogP) is 3.40. The summed E-state index contributed by atoms with van der Waals surface area (Å²) < 4.78 is 0. The number of para-hydroxylation sites is 1. The molecular weight excluding hydrogens is 234 g/mol. The van der Waals surface area contributed by atoms with Crippen LogP contribution in [0.25, 0.3) is 0 Å². The Morgan fingerprint density at radius 1 is 1.05 bits per heavy atom. The van der Waals surface area contributed by atoms with Gasteiger partial charge in [-0.05, 0) is 62.0 Å². The SMILES string of the molecule is O=C(C1CC2CC2C1)N1CCCCc2ccccc21. The van der Waals surface area contributed by atoms with Crippen LogP contribution in [-0.4, -0.2) is 12.5 Å². The second-order valence-electron chi connectivity index (χ2n) is 6.50. The van der Waals surface area contributed by atoms with E-state index in [2.05, 4.69) is 29.2 Å². The van der Waals surface area contributed by atoms with Crippen molar-refractivity contribution in [2.75, 3.05) is 11.4 Å². The number of hydrogen-bond donors (Lipinski definition) is 0. The van der Waals surface area contributed by atoms with Gasteiger partial charge < -0.3 is 4.90 Å². The molecule has 1 aromatic rings. The predicted molar refractivity (Wildman–Crippen MR) is 76.1 cm³/mol. The molecule has 0 aromatic heterocycles. The third-order valence-corrected chi connectivity index (χ3v) is 5.22. The van der Waals surface area contributed by atoms with Crippen LogP contribution in [0.3, 0.4) is 0 Å². The number of carbonyl (C=O) groups is 1. The van der Waals surface area contributed by atoms with E-state index < -0.39 is 0 Å². The molecule has 1 amide bonds. The van der Waals surface area contributed by atoms with E-state index in [9.17, 15) is 4.79 Å². The first-order chi connectivity index (χ1) is 9.33. The lowest BCUT2D eigenvalue weighted by Gasteiger charge is -2.26. The van der Waals surface area contributed by atoms with Crippen molar-refractivity contribution in [1.82, 2.24) is 0 Å². The third kappa shape index (κ3) is 1.98. The topological polar surface area (TPSA) is 20.3 Å². The van der Waals surface area contributed by atoms with E-state index in [4.69, 9.17) is 0 Å². The van der Waals surface area contributed by atoms with Crippen molar-refractivity contribution in [3.8, 4) is 0 Å². The van der Waals surface area contributed by atoms with Crippen LogP contribution in [0.15, 0.2) is 24.3 Å². The molecule has 2 unspecified atom stereocenters. The highest BCUT2D eigenvalue weighted by Crippen LogP contribution is 2.54. The Labute approximate surface area is 114 Å². The van der Waals surface area contributed by atoms with Crippen LogP contribution in [-0.2, 0) is 11.2 Å². The molecule has 2 fully saturated rings. The van der Waals surface area contributed by atoms with Crippen molar-refractivity contribution in [3.63, 3.8) is 0 Å². The summed E-state index contributed by atoms with van der Waals surface area (Å²) in [7, 11) is 0. The average Bonchev–Trinajstić information content (AvgIpc) is 3.12. The summed E-state index contributed by atoms with van der Waals surface area (Å²) in [5.41, 5.74) is 2.54. The Balaban J connectivity index is 1.61. The van der Waals surface area contributed by atoms with E-state index in [0.29, 0.717) is 11.8 Å². The molecule has 2 saturated carbocycles. The van der Waals surface area contributed by atoms with E-state index >= 15 is 0 Å². The van der Waals surface area contributed by atoms with Crippen molar-refractivity contribution in [2.24, 2.45) is 17.8 Å². The summed E-state index contributed by atoms with van der Waals surface area (Å²) in [4.78, 5) is 14.9. The number of amides is 1. The molecule has 1 heterocycles. The van der Waals surface area contributed by atoms with Crippen LogP contribution in [0.2, 0.25) is 0 Å². The molecule has 1 aliphatic heterocycles. The van der Waals surface area contributed by atoms with Crippen molar-refractivity contribution >= 4 is 11.6 Å². The highest BCUT2D eigenvalue weighted by atomic mass is 16.2. The molecule has 19 heavy (non-hydrogen) atoms. The number of fused-ring (bicyclic) bond motifs is 2. The van der Waals surface area contributed by atoms with Crippen molar-refractivity contribution in [1.29, 1.82) is 0 Å². The van der Waals surface area contributed by atoms with E-state index in [0.717, 1.165) is 44.1 Å². The molecule has 1 aromatic carbocycles. The summed E-state index contributed by atoms with van der Waals surface area (Å²) in [5, 5.41) is 0. The van der Waals surface area contributed by atoms with Gasteiger partial charge in [-0.3, -0.25) is 4.79 Å². The van der Waals surface area contributed by atoms with Gasteiger partial charge in [-0.15, -0.1) is 0 Å². The van der Waals surface area contributed by atoms with Gasteiger partial charge in [0.2, 0.25) is 5.91 Å². The fourth-order valence-electron chi connectivity index (χ4n) is 4.06. The highest BCUT2D eigenvalue weighted by Gasteiger charge is 2.49. The van der Waals surface area contributed by atoms with Gasteiger partial charge in [0.1, 0.15) is 0 Å². The molecule has 100 valence electrons. The second kappa shape index (κ2) is 4.36. The number of aryl methyl sites for hydroxylation is 1. The zero-order valence-corrected chi connectivity index (χ0v) is 11.3. The number of benzene rings is 1. The normalized spacial score (nSPS) is 32.4. The fraction of sp³-hybridized carbons (Fsp3) is 0.588. The molecule has 2 atom stereocenters. The molecule has 4 rings (SSSR count).